The molecule has 1 amide bonds. The van der Waals surface area contributed by atoms with Crippen LogP contribution in [0.15, 0.2) is 59.1 Å². The minimum absolute atomic E-state index is 0.0331. The molecule has 0 bridgehead atoms. The van der Waals surface area contributed by atoms with E-state index in [1.807, 2.05) is 0 Å². The molecule has 52 heavy (non-hydrogen) atoms. The third-order valence-corrected chi connectivity index (χ3v) is 10.9. The SMILES string of the molecule is CCC1(NCc2cc(C(=O)OC[C@H](NC(=O)Cc3c(C)n(C(=O)c4ccc(Cl)cc4)c4ccc(OC)cc34)C(=O)OC)cc(Br)c2N)CCCCC1. The van der Waals surface area contributed by atoms with E-state index in [1.54, 1.807) is 61.5 Å². The molecular formula is C39H44BrClN4O7. The Morgan fingerprint density at radius 2 is 1.71 bits per heavy atom. The molecule has 0 unspecified atom stereocenters. The average Bonchev–Trinajstić information content (AvgIpc) is 3.42. The lowest BCUT2D eigenvalue weighted by Gasteiger charge is -2.38. The summed E-state index contributed by atoms with van der Waals surface area (Å²) >= 11 is 9.52. The molecule has 1 aromatic heterocycles. The lowest BCUT2D eigenvalue weighted by Crippen LogP contribution is -2.46. The number of esters is 2. The maximum absolute atomic E-state index is 13.7. The number of rotatable bonds is 13. The number of carbonyl (C=O) groups is 4. The predicted molar refractivity (Wildman–Crippen MR) is 204 cm³/mol. The van der Waals surface area contributed by atoms with Gasteiger partial charge >= 0.3 is 11.9 Å². The first-order valence-corrected chi connectivity index (χ1v) is 18.4. The van der Waals surface area contributed by atoms with Crippen molar-refractivity contribution in [1.82, 2.24) is 15.2 Å². The highest BCUT2D eigenvalue weighted by Crippen LogP contribution is 2.33. The molecule has 1 fully saturated rings. The van der Waals surface area contributed by atoms with Crippen molar-refractivity contribution < 1.29 is 33.4 Å². The molecule has 1 atom stereocenters. The monoisotopic (exact) mass is 794 g/mol. The normalized spacial score (nSPS) is 14.4. The van der Waals surface area contributed by atoms with Crippen LogP contribution in [0.3, 0.4) is 0 Å². The van der Waals surface area contributed by atoms with Gasteiger partial charge in [0.1, 0.15) is 12.4 Å². The van der Waals surface area contributed by atoms with Crippen molar-refractivity contribution in [3.05, 3.63) is 92.0 Å². The van der Waals surface area contributed by atoms with Crippen LogP contribution in [-0.4, -0.2) is 60.7 Å². The average molecular weight is 796 g/mol. The van der Waals surface area contributed by atoms with Gasteiger partial charge in [-0.25, -0.2) is 9.59 Å². The first-order chi connectivity index (χ1) is 24.9. The summed E-state index contributed by atoms with van der Waals surface area (Å²) < 4.78 is 18.0. The number of nitrogens with two attached hydrogens (primary N) is 1. The van der Waals surface area contributed by atoms with Gasteiger partial charge in [0, 0.05) is 38.2 Å². The van der Waals surface area contributed by atoms with Gasteiger partial charge in [0.2, 0.25) is 5.91 Å². The van der Waals surface area contributed by atoms with Crippen molar-refractivity contribution >= 4 is 67.9 Å². The van der Waals surface area contributed by atoms with Crippen molar-refractivity contribution in [1.29, 1.82) is 0 Å². The number of halogens is 2. The van der Waals surface area contributed by atoms with Crippen molar-refractivity contribution in [2.45, 2.75) is 76.9 Å². The van der Waals surface area contributed by atoms with Crippen LogP contribution in [0.5, 0.6) is 5.75 Å². The summed E-state index contributed by atoms with van der Waals surface area (Å²) in [6.07, 6.45) is 6.55. The van der Waals surface area contributed by atoms with E-state index in [-0.39, 0.29) is 23.4 Å². The van der Waals surface area contributed by atoms with E-state index in [2.05, 4.69) is 33.5 Å². The second kappa shape index (κ2) is 17.0. The smallest absolute Gasteiger partial charge is 0.338 e. The molecule has 276 valence electrons. The molecule has 5 rings (SSSR count). The summed E-state index contributed by atoms with van der Waals surface area (Å²) in [6.45, 7) is 3.93. The number of amides is 1. The molecule has 1 aliphatic carbocycles. The number of aromatic nitrogens is 1. The Kier molecular flexibility index (Phi) is 12.7. The van der Waals surface area contributed by atoms with Crippen LogP contribution in [0.4, 0.5) is 5.69 Å². The van der Waals surface area contributed by atoms with Crippen LogP contribution >= 0.6 is 27.5 Å². The van der Waals surface area contributed by atoms with Gasteiger partial charge in [-0.3, -0.25) is 14.2 Å². The first-order valence-electron chi connectivity index (χ1n) is 17.3. The Morgan fingerprint density at radius 1 is 1.00 bits per heavy atom. The minimum Gasteiger partial charge on any atom is -0.497 e. The van der Waals surface area contributed by atoms with E-state index in [4.69, 9.17) is 31.5 Å². The largest absolute Gasteiger partial charge is 0.497 e. The Hall–Kier alpha value is -4.39. The lowest BCUT2D eigenvalue weighted by atomic mass is 9.79. The molecule has 13 heteroatoms. The quantitative estimate of drug-likeness (QED) is 0.0970. The zero-order chi connectivity index (χ0) is 37.6. The zero-order valence-corrected chi connectivity index (χ0v) is 32.1. The van der Waals surface area contributed by atoms with E-state index in [9.17, 15) is 19.2 Å². The minimum atomic E-state index is -1.30. The number of methoxy groups -OCH3 is 2. The molecular weight excluding hydrogens is 752 g/mol. The molecule has 3 aromatic carbocycles. The van der Waals surface area contributed by atoms with Gasteiger partial charge in [-0.05, 0) is 108 Å². The van der Waals surface area contributed by atoms with Crippen LogP contribution in [0.25, 0.3) is 10.9 Å². The topological polar surface area (TPSA) is 151 Å². The van der Waals surface area contributed by atoms with Gasteiger partial charge in [0.05, 0.1) is 37.4 Å². The van der Waals surface area contributed by atoms with Gasteiger partial charge in [-0.15, -0.1) is 0 Å². The number of anilines is 1. The summed E-state index contributed by atoms with van der Waals surface area (Å²) in [7, 11) is 2.71. The maximum Gasteiger partial charge on any atom is 0.338 e. The Morgan fingerprint density at radius 3 is 2.37 bits per heavy atom. The van der Waals surface area contributed by atoms with Crippen LogP contribution in [0.1, 0.15) is 83.0 Å². The summed E-state index contributed by atoms with van der Waals surface area (Å²) in [5.41, 5.74) is 10.0. The van der Waals surface area contributed by atoms with Crippen LogP contribution < -0.4 is 21.1 Å². The molecule has 1 aliphatic rings. The van der Waals surface area contributed by atoms with Crippen molar-refractivity contribution in [2.24, 2.45) is 0 Å². The highest BCUT2D eigenvalue weighted by atomic mass is 79.9. The number of hydrogen-bond donors (Lipinski definition) is 3. The number of nitrogens with zero attached hydrogens (tertiary/aromatic N) is 1. The van der Waals surface area contributed by atoms with Crippen molar-refractivity contribution in [2.75, 3.05) is 26.6 Å². The van der Waals surface area contributed by atoms with Crippen molar-refractivity contribution in [3.63, 3.8) is 0 Å². The second-order valence-corrected chi connectivity index (χ2v) is 14.4. The maximum atomic E-state index is 13.7. The second-order valence-electron chi connectivity index (χ2n) is 13.1. The summed E-state index contributed by atoms with van der Waals surface area (Å²) in [5.74, 6) is -1.80. The van der Waals surface area contributed by atoms with Gasteiger partial charge in [0.15, 0.2) is 6.04 Å². The summed E-state index contributed by atoms with van der Waals surface area (Å²) in [6, 6.07) is 13.7. The van der Waals surface area contributed by atoms with Gasteiger partial charge < -0.3 is 30.6 Å². The van der Waals surface area contributed by atoms with E-state index in [0.717, 1.165) is 24.8 Å². The molecule has 1 saturated carbocycles. The lowest BCUT2D eigenvalue weighted by molar-refractivity contribution is -0.146. The van der Waals surface area contributed by atoms with E-state index >= 15 is 0 Å². The van der Waals surface area contributed by atoms with Crippen LogP contribution in [0, 0.1) is 6.92 Å². The molecule has 11 nitrogen and oxygen atoms in total. The van der Waals surface area contributed by atoms with Gasteiger partial charge in [-0.2, -0.15) is 0 Å². The molecule has 0 saturated heterocycles. The standard InChI is InChI=1S/C39H44BrClN4O7/c1-5-39(15-7-6-8-16-39)43-21-26-17-25(18-31(40)35(26)42)37(48)52-22-32(38(49)51-4)44-34(46)20-29-23(2)45(33-14-13-28(50-3)19-30(29)33)36(47)24-9-11-27(41)12-10-24/h9-14,17-19,32,43H,5-8,15-16,20-22,42H2,1-4H3,(H,44,46)/t32-/m0/s1. The molecule has 0 radical (unpaired) electrons. The summed E-state index contributed by atoms with van der Waals surface area (Å²) in [4.78, 5) is 53.3. The molecule has 4 N–H and O–H groups in total. The number of nitrogens with one attached hydrogen (secondary N) is 2. The number of nitrogen functional groups attached to an aromatic ring is 1. The number of ether oxygens (including phenoxy) is 3. The molecule has 4 aromatic rings. The fourth-order valence-corrected chi connectivity index (χ4v) is 7.49. The third kappa shape index (κ3) is 8.62. The zero-order valence-electron chi connectivity index (χ0n) is 29.8. The Balaban J connectivity index is 1.32. The number of carbonyl (C=O) groups excluding carboxylic acids is 4. The van der Waals surface area contributed by atoms with Crippen molar-refractivity contribution in [3.8, 4) is 5.75 Å². The Labute approximate surface area is 316 Å². The molecule has 1 heterocycles. The predicted octanol–water partition coefficient (Wildman–Crippen LogP) is 6.90. The highest BCUT2D eigenvalue weighted by molar-refractivity contribution is 9.10. The first kappa shape index (κ1) is 38.8. The van der Waals surface area contributed by atoms with Gasteiger partial charge in [-0.1, -0.05) is 37.8 Å². The molecule has 0 spiro atoms. The highest BCUT2D eigenvalue weighted by Gasteiger charge is 2.30. The van der Waals surface area contributed by atoms with E-state index in [0.29, 0.717) is 55.2 Å². The van der Waals surface area contributed by atoms with E-state index < -0.39 is 30.5 Å². The summed E-state index contributed by atoms with van der Waals surface area (Å²) in [5, 5.41) is 7.47. The number of fused-ring (bicyclic) bond motifs is 1. The Bertz CT molecular complexity index is 1970. The molecule has 0 aliphatic heterocycles. The van der Waals surface area contributed by atoms with Crippen LogP contribution in [0.2, 0.25) is 5.02 Å². The third-order valence-electron chi connectivity index (χ3n) is 9.97. The number of benzene rings is 3. The fourth-order valence-electron chi connectivity index (χ4n) is 6.86. The van der Waals surface area contributed by atoms with Gasteiger partial charge in [0.25, 0.3) is 5.91 Å². The van der Waals surface area contributed by atoms with Crippen LogP contribution in [-0.2, 0) is 32.0 Å². The van der Waals surface area contributed by atoms with E-state index in [1.165, 1.54) is 38.0 Å². The fraction of sp³-hybridized carbons (Fsp3) is 0.385. The number of hydrogen-bond acceptors (Lipinski definition) is 9.